The number of methoxy groups -OCH3 is 1. The molecule has 2 aromatic rings. The number of aliphatic hydroxyl groups excluding tert-OH is 1. The van der Waals surface area contributed by atoms with Crippen molar-refractivity contribution >= 4 is 5.91 Å². The quantitative estimate of drug-likeness (QED) is 0.875. The van der Waals surface area contributed by atoms with Crippen LogP contribution in [-0.2, 0) is 11.2 Å². The van der Waals surface area contributed by atoms with Crippen molar-refractivity contribution in [3.63, 3.8) is 0 Å². The van der Waals surface area contributed by atoms with Crippen LogP contribution in [0.3, 0.4) is 0 Å². The summed E-state index contributed by atoms with van der Waals surface area (Å²) in [5.74, 6) is 0.695. The molecule has 0 spiro atoms. The van der Waals surface area contributed by atoms with Gasteiger partial charge in [0.2, 0.25) is 5.91 Å². The summed E-state index contributed by atoms with van der Waals surface area (Å²) in [6.45, 7) is 0. The number of amides is 1. The summed E-state index contributed by atoms with van der Waals surface area (Å²) < 4.78 is 7.04. The highest BCUT2D eigenvalue weighted by Gasteiger charge is 2.33. The maximum absolute atomic E-state index is 12.3. The van der Waals surface area contributed by atoms with Crippen molar-refractivity contribution in [2.75, 3.05) is 7.11 Å². The second kappa shape index (κ2) is 7.49. The number of carbonyl (C=O) groups excluding carboxylic acids is 1. The molecule has 3 atom stereocenters. The first-order chi connectivity index (χ1) is 11.7. The van der Waals surface area contributed by atoms with Gasteiger partial charge in [0.25, 0.3) is 0 Å². The molecule has 1 amide bonds. The first-order valence-electron chi connectivity index (χ1n) is 8.25. The highest BCUT2D eigenvalue weighted by Crippen LogP contribution is 2.29. The van der Waals surface area contributed by atoms with Gasteiger partial charge in [0.1, 0.15) is 5.75 Å². The van der Waals surface area contributed by atoms with Gasteiger partial charge in [0.15, 0.2) is 0 Å². The molecule has 3 rings (SSSR count). The van der Waals surface area contributed by atoms with Gasteiger partial charge in [0.05, 0.1) is 38.0 Å². The third-order valence-electron chi connectivity index (χ3n) is 4.60. The number of ether oxygens (including phenoxy) is 1. The lowest BCUT2D eigenvalue weighted by atomic mass is 9.87. The monoisotopic (exact) mass is 329 g/mol. The van der Waals surface area contributed by atoms with Gasteiger partial charge in [0, 0.05) is 12.4 Å². The third-order valence-corrected chi connectivity index (χ3v) is 4.60. The number of hydrogen-bond donors (Lipinski definition) is 2. The molecular formula is C18H23N3O3. The Hall–Kier alpha value is -2.34. The van der Waals surface area contributed by atoms with Crippen molar-refractivity contribution in [3.8, 4) is 5.75 Å². The first kappa shape index (κ1) is 16.5. The van der Waals surface area contributed by atoms with Crippen molar-refractivity contribution in [1.29, 1.82) is 0 Å². The van der Waals surface area contributed by atoms with E-state index in [1.54, 1.807) is 19.6 Å². The van der Waals surface area contributed by atoms with E-state index in [1.807, 2.05) is 35.0 Å². The first-order valence-corrected chi connectivity index (χ1v) is 8.25. The number of hydrogen-bond acceptors (Lipinski definition) is 4. The number of imidazole rings is 1. The van der Waals surface area contributed by atoms with Crippen LogP contribution in [0.4, 0.5) is 0 Å². The molecule has 1 aliphatic rings. The zero-order valence-corrected chi connectivity index (χ0v) is 13.8. The maximum Gasteiger partial charge on any atom is 0.224 e. The molecule has 1 heterocycles. The van der Waals surface area contributed by atoms with E-state index in [0.717, 1.165) is 30.6 Å². The Bertz CT molecular complexity index is 655. The number of carbonyl (C=O) groups is 1. The Labute approximate surface area is 141 Å². The number of nitrogens with zero attached hydrogens (tertiary/aromatic N) is 2. The van der Waals surface area contributed by atoms with Crippen molar-refractivity contribution < 1.29 is 14.6 Å². The number of rotatable bonds is 5. The fraction of sp³-hybridized carbons (Fsp3) is 0.444. The minimum absolute atomic E-state index is 0.0347. The Morgan fingerprint density at radius 1 is 1.38 bits per heavy atom. The van der Waals surface area contributed by atoms with Crippen molar-refractivity contribution in [2.24, 2.45) is 0 Å². The Balaban J connectivity index is 1.58. The van der Waals surface area contributed by atoms with Crippen molar-refractivity contribution in [3.05, 3.63) is 48.5 Å². The summed E-state index contributed by atoms with van der Waals surface area (Å²) >= 11 is 0. The molecule has 0 bridgehead atoms. The van der Waals surface area contributed by atoms with E-state index >= 15 is 0 Å². The van der Waals surface area contributed by atoms with Crippen LogP contribution in [0.1, 0.15) is 30.9 Å². The van der Waals surface area contributed by atoms with Crippen LogP contribution in [0.2, 0.25) is 0 Å². The van der Waals surface area contributed by atoms with Crippen LogP contribution in [0.5, 0.6) is 5.75 Å². The van der Waals surface area contributed by atoms with Crippen LogP contribution in [-0.4, -0.2) is 39.8 Å². The summed E-state index contributed by atoms with van der Waals surface area (Å²) in [6.07, 6.45) is 7.62. The minimum Gasteiger partial charge on any atom is -0.497 e. The fourth-order valence-corrected chi connectivity index (χ4v) is 3.29. The molecule has 1 fully saturated rings. The van der Waals surface area contributed by atoms with Gasteiger partial charge in [-0.3, -0.25) is 4.79 Å². The van der Waals surface area contributed by atoms with Crippen LogP contribution in [0.25, 0.3) is 0 Å². The highest BCUT2D eigenvalue weighted by molar-refractivity contribution is 5.79. The molecular weight excluding hydrogens is 306 g/mol. The summed E-state index contributed by atoms with van der Waals surface area (Å²) in [5, 5.41) is 13.6. The minimum atomic E-state index is -0.604. The lowest BCUT2D eigenvalue weighted by Crippen LogP contribution is -2.49. The van der Waals surface area contributed by atoms with E-state index < -0.39 is 6.10 Å². The molecule has 6 heteroatoms. The highest BCUT2D eigenvalue weighted by atomic mass is 16.5. The fourth-order valence-electron chi connectivity index (χ4n) is 3.29. The van der Waals surface area contributed by atoms with Crippen molar-refractivity contribution in [2.45, 2.75) is 43.9 Å². The molecule has 1 saturated carbocycles. The van der Waals surface area contributed by atoms with Crippen LogP contribution in [0, 0.1) is 0 Å². The van der Waals surface area contributed by atoms with Gasteiger partial charge < -0.3 is 19.7 Å². The number of aliphatic hydroxyl groups is 1. The lowest BCUT2D eigenvalue weighted by molar-refractivity contribution is -0.122. The average Bonchev–Trinajstić information content (AvgIpc) is 3.12. The smallest absolute Gasteiger partial charge is 0.224 e. The predicted molar refractivity (Wildman–Crippen MR) is 89.8 cm³/mol. The third kappa shape index (κ3) is 3.76. The molecule has 1 aromatic carbocycles. The standard InChI is InChI=1S/C18H23N3O3/c1-24-14-7-5-13(6-8-14)11-17(22)20-15-3-2-4-16(18(15)23)21-10-9-19-12-21/h5-10,12,15-16,18,23H,2-4,11H2,1H3,(H,20,22)/t15-,16-,18-/m1/s1. The molecule has 0 unspecified atom stereocenters. The number of aromatic nitrogens is 2. The molecule has 2 N–H and O–H groups in total. The van der Waals surface area contributed by atoms with E-state index in [9.17, 15) is 9.90 Å². The molecule has 0 saturated heterocycles. The Morgan fingerprint density at radius 3 is 2.83 bits per heavy atom. The molecule has 0 aliphatic heterocycles. The second-order valence-corrected chi connectivity index (χ2v) is 6.20. The van der Waals surface area contributed by atoms with E-state index in [-0.39, 0.29) is 18.0 Å². The number of benzene rings is 1. The van der Waals surface area contributed by atoms with E-state index in [1.165, 1.54) is 0 Å². The lowest BCUT2D eigenvalue weighted by Gasteiger charge is -2.35. The zero-order chi connectivity index (χ0) is 16.9. The predicted octanol–water partition coefficient (Wildman–Crippen LogP) is 1.71. The molecule has 24 heavy (non-hydrogen) atoms. The summed E-state index contributed by atoms with van der Waals surface area (Å²) in [5.41, 5.74) is 0.921. The molecule has 0 radical (unpaired) electrons. The Morgan fingerprint density at radius 2 is 2.17 bits per heavy atom. The normalized spacial score (nSPS) is 23.7. The van der Waals surface area contributed by atoms with Crippen molar-refractivity contribution in [1.82, 2.24) is 14.9 Å². The van der Waals surface area contributed by atoms with Gasteiger partial charge in [-0.15, -0.1) is 0 Å². The van der Waals surface area contributed by atoms with E-state index in [2.05, 4.69) is 10.3 Å². The van der Waals surface area contributed by atoms with Crippen LogP contribution in [0.15, 0.2) is 43.0 Å². The molecule has 1 aliphatic carbocycles. The largest absolute Gasteiger partial charge is 0.497 e. The van der Waals surface area contributed by atoms with Gasteiger partial charge in [-0.2, -0.15) is 0 Å². The molecule has 128 valence electrons. The SMILES string of the molecule is COc1ccc(CC(=O)N[C@@H]2CCC[C@@H](n3ccnc3)[C@@H]2O)cc1. The zero-order valence-electron chi connectivity index (χ0n) is 13.8. The van der Waals surface area contributed by atoms with Gasteiger partial charge in [-0.25, -0.2) is 4.98 Å². The van der Waals surface area contributed by atoms with E-state index in [4.69, 9.17) is 4.74 Å². The molecule has 6 nitrogen and oxygen atoms in total. The maximum atomic E-state index is 12.3. The Kier molecular flexibility index (Phi) is 5.15. The summed E-state index contributed by atoms with van der Waals surface area (Å²) in [4.78, 5) is 16.3. The summed E-state index contributed by atoms with van der Waals surface area (Å²) in [7, 11) is 1.61. The number of nitrogens with one attached hydrogen (secondary N) is 1. The van der Waals surface area contributed by atoms with Crippen LogP contribution < -0.4 is 10.1 Å². The summed E-state index contributed by atoms with van der Waals surface area (Å²) in [6, 6.07) is 7.18. The van der Waals surface area contributed by atoms with E-state index in [0.29, 0.717) is 6.42 Å². The second-order valence-electron chi connectivity index (χ2n) is 6.20. The van der Waals surface area contributed by atoms with Gasteiger partial charge in [-0.1, -0.05) is 12.1 Å². The average molecular weight is 329 g/mol. The van der Waals surface area contributed by atoms with Gasteiger partial charge in [-0.05, 0) is 37.0 Å². The molecule has 1 aromatic heterocycles. The topological polar surface area (TPSA) is 76.4 Å². The van der Waals surface area contributed by atoms with Gasteiger partial charge >= 0.3 is 0 Å². The van der Waals surface area contributed by atoms with Crippen LogP contribution >= 0.6 is 0 Å².